The molecule has 0 saturated carbocycles. The van der Waals surface area contributed by atoms with E-state index in [1.165, 1.54) is 0 Å². The molecule has 0 aliphatic heterocycles. The van der Waals surface area contributed by atoms with Crippen molar-refractivity contribution in [2.24, 2.45) is 4.99 Å². The Morgan fingerprint density at radius 1 is 1.03 bits per heavy atom. The highest BCUT2D eigenvalue weighted by Crippen LogP contribution is 2.28. The number of aryl methyl sites for hydroxylation is 1. The van der Waals surface area contributed by atoms with Gasteiger partial charge in [-0.3, -0.25) is 9.67 Å². The van der Waals surface area contributed by atoms with E-state index in [-0.39, 0.29) is 24.0 Å². The van der Waals surface area contributed by atoms with E-state index in [1.807, 2.05) is 65.5 Å². The molecule has 2 N–H and O–H groups in total. The fraction of sp³-hybridized carbons (Fsp3) is 0.304. The Bertz CT molecular complexity index is 917. The fourth-order valence-electron chi connectivity index (χ4n) is 2.96. The molecule has 0 unspecified atom stereocenters. The Kier molecular flexibility index (Phi) is 10.7. The first-order valence-corrected chi connectivity index (χ1v) is 10.0. The van der Waals surface area contributed by atoms with Crippen LogP contribution in [-0.4, -0.2) is 36.4 Å². The third-order valence-corrected chi connectivity index (χ3v) is 4.56. The number of hydrogen-bond acceptors (Lipinski definition) is 4. The van der Waals surface area contributed by atoms with E-state index in [1.54, 1.807) is 20.4 Å². The zero-order chi connectivity index (χ0) is 21.0. The van der Waals surface area contributed by atoms with Crippen molar-refractivity contribution < 1.29 is 9.47 Å². The molecule has 0 aliphatic carbocycles. The van der Waals surface area contributed by atoms with Crippen LogP contribution in [0.1, 0.15) is 17.5 Å². The molecule has 1 heterocycles. The molecule has 2 aromatic carbocycles. The monoisotopic (exact) mass is 535 g/mol. The smallest absolute Gasteiger partial charge is 0.191 e. The molecule has 0 amide bonds. The van der Waals surface area contributed by atoms with Crippen molar-refractivity contribution in [3.8, 4) is 11.5 Å². The summed E-state index contributed by atoms with van der Waals surface area (Å²) in [6.07, 6.45) is 4.72. The van der Waals surface area contributed by atoms with Gasteiger partial charge in [0, 0.05) is 39.1 Å². The summed E-state index contributed by atoms with van der Waals surface area (Å²) in [6, 6.07) is 18.0. The first-order valence-electron chi connectivity index (χ1n) is 10.0. The van der Waals surface area contributed by atoms with Gasteiger partial charge in [0.2, 0.25) is 0 Å². The predicted molar refractivity (Wildman–Crippen MR) is 134 cm³/mol. The standard InChI is InChI=1S/C23H29N5O2.HI/c1-24-23(25-12-6-14-28-15-7-13-27-28)26-17-20-10-11-21(22(16-20)29-2)30-18-19-8-4-3-5-9-19;/h3-5,7-11,13,15-16H,6,12,14,17-18H2,1-2H3,(H2,24,25,26);1H. The minimum atomic E-state index is 0. The second kappa shape index (κ2) is 13.5. The van der Waals surface area contributed by atoms with Crippen LogP contribution >= 0.6 is 24.0 Å². The fourth-order valence-corrected chi connectivity index (χ4v) is 2.96. The van der Waals surface area contributed by atoms with Crippen LogP contribution in [0.3, 0.4) is 0 Å². The van der Waals surface area contributed by atoms with Crippen molar-refractivity contribution in [1.29, 1.82) is 0 Å². The topological polar surface area (TPSA) is 72.7 Å². The van der Waals surface area contributed by atoms with E-state index in [0.717, 1.165) is 42.3 Å². The molecule has 31 heavy (non-hydrogen) atoms. The van der Waals surface area contributed by atoms with Gasteiger partial charge in [-0.1, -0.05) is 36.4 Å². The number of rotatable bonds is 10. The number of nitrogens with zero attached hydrogens (tertiary/aromatic N) is 3. The summed E-state index contributed by atoms with van der Waals surface area (Å²) < 4.78 is 13.4. The molecule has 1 aromatic heterocycles. The lowest BCUT2D eigenvalue weighted by molar-refractivity contribution is 0.284. The van der Waals surface area contributed by atoms with Gasteiger partial charge in [0.1, 0.15) is 6.61 Å². The third-order valence-electron chi connectivity index (χ3n) is 4.56. The highest BCUT2D eigenvalue weighted by molar-refractivity contribution is 14.0. The first kappa shape index (κ1) is 24.5. The van der Waals surface area contributed by atoms with Crippen LogP contribution in [0.5, 0.6) is 11.5 Å². The van der Waals surface area contributed by atoms with Crippen molar-refractivity contribution in [2.75, 3.05) is 20.7 Å². The Balaban J connectivity index is 0.00000341. The van der Waals surface area contributed by atoms with Crippen molar-refractivity contribution in [1.82, 2.24) is 20.4 Å². The lowest BCUT2D eigenvalue weighted by Gasteiger charge is -2.14. The van der Waals surface area contributed by atoms with E-state index in [0.29, 0.717) is 18.9 Å². The normalized spacial score (nSPS) is 10.8. The molecule has 0 atom stereocenters. The van der Waals surface area contributed by atoms with Gasteiger partial charge in [-0.2, -0.15) is 5.10 Å². The maximum Gasteiger partial charge on any atom is 0.191 e. The molecule has 8 heteroatoms. The number of methoxy groups -OCH3 is 1. The second-order valence-electron chi connectivity index (χ2n) is 6.73. The molecule has 0 aliphatic rings. The highest BCUT2D eigenvalue weighted by atomic mass is 127. The van der Waals surface area contributed by atoms with Gasteiger partial charge in [-0.15, -0.1) is 24.0 Å². The maximum atomic E-state index is 5.92. The SMILES string of the molecule is CN=C(NCCCn1cccn1)NCc1ccc(OCc2ccccc2)c(OC)c1.I. The van der Waals surface area contributed by atoms with Crippen molar-refractivity contribution >= 4 is 29.9 Å². The van der Waals surface area contributed by atoms with E-state index in [4.69, 9.17) is 9.47 Å². The average molecular weight is 535 g/mol. The molecule has 0 bridgehead atoms. The molecule has 0 spiro atoms. The van der Waals surface area contributed by atoms with E-state index in [2.05, 4.69) is 20.7 Å². The van der Waals surface area contributed by atoms with Crippen LogP contribution in [0.4, 0.5) is 0 Å². The summed E-state index contributed by atoms with van der Waals surface area (Å²) >= 11 is 0. The quantitative estimate of drug-likeness (QED) is 0.179. The third kappa shape index (κ3) is 8.12. The molecule has 3 aromatic rings. The van der Waals surface area contributed by atoms with Crippen LogP contribution < -0.4 is 20.1 Å². The van der Waals surface area contributed by atoms with Crippen LogP contribution in [0.2, 0.25) is 0 Å². The van der Waals surface area contributed by atoms with E-state index in [9.17, 15) is 0 Å². The van der Waals surface area contributed by atoms with E-state index < -0.39 is 0 Å². The predicted octanol–water partition coefficient (Wildman–Crippen LogP) is 3.84. The summed E-state index contributed by atoms with van der Waals surface area (Å²) in [5, 5.41) is 10.9. The molecular weight excluding hydrogens is 505 g/mol. The lowest BCUT2D eigenvalue weighted by atomic mass is 10.2. The van der Waals surface area contributed by atoms with Crippen LogP contribution in [0.15, 0.2) is 72.0 Å². The van der Waals surface area contributed by atoms with Gasteiger partial charge in [-0.05, 0) is 35.7 Å². The van der Waals surface area contributed by atoms with Gasteiger partial charge in [-0.25, -0.2) is 0 Å². The van der Waals surface area contributed by atoms with Gasteiger partial charge < -0.3 is 20.1 Å². The average Bonchev–Trinajstić information content (AvgIpc) is 3.31. The van der Waals surface area contributed by atoms with Crippen molar-refractivity contribution in [3.63, 3.8) is 0 Å². The summed E-state index contributed by atoms with van der Waals surface area (Å²) in [6.45, 7) is 2.83. The summed E-state index contributed by atoms with van der Waals surface area (Å²) in [5.41, 5.74) is 2.20. The number of benzene rings is 2. The number of ether oxygens (including phenoxy) is 2. The van der Waals surface area contributed by atoms with Crippen LogP contribution in [0.25, 0.3) is 0 Å². The Labute approximate surface area is 200 Å². The summed E-state index contributed by atoms with van der Waals surface area (Å²) in [5.74, 6) is 2.21. The second-order valence-corrected chi connectivity index (χ2v) is 6.73. The molecule has 0 fully saturated rings. The number of aliphatic imine (C=N–C) groups is 1. The number of guanidine groups is 1. The zero-order valence-corrected chi connectivity index (χ0v) is 20.3. The number of halogens is 1. The van der Waals surface area contributed by atoms with Gasteiger partial charge >= 0.3 is 0 Å². The number of hydrogen-bond donors (Lipinski definition) is 2. The van der Waals surface area contributed by atoms with Crippen LogP contribution in [0, 0.1) is 0 Å². The minimum Gasteiger partial charge on any atom is -0.493 e. The Morgan fingerprint density at radius 2 is 1.87 bits per heavy atom. The molecule has 0 radical (unpaired) electrons. The summed E-state index contributed by atoms with van der Waals surface area (Å²) in [7, 11) is 3.42. The largest absolute Gasteiger partial charge is 0.493 e. The zero-order valence-electron chi connectivity index (χ0n) is 18.0. The Hall–Kier alpha value is -2.75. The van der Waals surface area contributed by atoms with Crippen LogP contribution in [-0.2, 0) is 19.7 Å². The van der Waals surface area contributed by atoms with Gasteiger partial charge in [0.05, 0.1) is 7.11 Å². The van der Waals surface area contributed by atoms with Crippen molar-refractivity contribution in [3.05, 3.63) is 78.1 Å². The maximum absolute atomic E-state index is 5.92. The van der Waals surface area contributed by atoms with Crippen molar-refractivity contribution in [2.45, 2.75) is 26.1 Å². The molecule has 3 rings (SSSR count). The number of aromatic nitrogens is 2. The Morgan fingerprint density at radius 3 is 2.58 bits per heavy atom. The minimum absolute atomic E-state index is 0. The lowest BCUT2D eigenvalue weighted by Crippen LogP contribution is -2.37. The molecule has 166 valence electrons. The molecule has 7 nitrogen and oxygen atoms in total. The van der Waals surface area contributed by atoms with E-state index >= 15 is 0 Å². The summed E-state index contributed by atoms with van der Waals surface area (Å²) in [4.78, 5) is 4.28. The highest BCUT2D eigenvalue weighted by Gasteiger charge is 2.07. The number of nitrogens with one attached hydrogen (secondary N) is 2. The first-order chi connectivity index (χ1) is 14.8. The molecule has 0 saturated heterocycles. The van der Waals surface area contributed by atoms with Gasteiger partial charge in [0.25, 0.3) is 0 Å². The molecular formula is C23H30IN5O2. The van der Waals surface area contributed by atoms with Gasteiger partial charge in [0.15, 0.2) is 17.5 Å².